The lowest BCUT2D eigenvalue weighted by Gasteiger charge is -2.21. The van der Waals surface area contributed by atoms with Crippen LogP contribution in [-0.2, 0) is 65.4 Å². The molecule has 2 unspecified atom stereocenters. The van der Waals surface area contributed by atoms with Crippen molar-refractivity contribution in [2.24, 2.45) is 11.8 Å². The summed E-state index contributed by atoms with van der Waals surface area (Å²) in [6.45, 7) is 9.55. The van der Waals surface area contributed by atoms with E-state index in [0.29, 0.717) is 31.6 Å². The first-order valence-electron chi connectivity index (χ1n) is 40.5. The second-order valence-electron chi connectivity index (χ2n) is 29.1. The number of carbonyl (C=O) groups is 4. The van der Waals surface area contributed by atoms with Crippen LogP contribution < -0.4 is 0 Å². The van der Waals surface area contributed by atoms with Crippen LogP contribution in [0.5, 0.6) is 0 Å². The fourth-order valence-electron chi connectivity index (χ4n) is 12.0. The van der Waals surface area contributed by atoms with E-state index >= 15 is 0 Å². The summed E-state index contributed by atoms with van der Waals surface area (Å²) in [7, 11) is -9.91. The molecule has 0 rings (SSSR count). The summed E-state index contributed by atoms with van der Waals surface area (Å²) in [5, 5.41) is 10.6. The molecule has 0 aliphatic heterocycles. The van der Waals surface area contributed by atoms with Gasteiger partial charge in [0.25, 0.3) is 0 Å². The third-order valence-corrected chi connectivity index (χ3v) is 20.1. The van der Waals surface area contributed by atoms with Gasteiger partial charge in [-0.3, -0.25) is 37.3 Å². The van der Waals surface area contributed by atoms with Crippen LogP contribution in [0.15, 0.2) is 0 Å². The third-order valence-electron chi connectivity index (χ3n) is 18.2. The molecule has 576 valence electrons. The van der Waals surface area contributed by atoms with Gasteiger partial charge in [-0.05, 0) is 37.5 Å². The monoisotopic (exact) mass is 1420 g/mol. The van der Waals surface area contributed by atoms with Crippen molar-refractivity contribution >= 4 is 39.5 Å². The van der Waals surface area contributed by atoms with E-state index in [1.54, 1.807) is 0 Å². The Balaban J connectivity index is 5.24. The summed E-state index contributed by atoms with van der Waals surface area (Å²) in [6, 6.07) is 0. The van der Waals surface area contributed by atoms with Crippen molar-refractivity contribution < 1.29 is 80.2 Å². The molecular weight excluding hydrogens is 1270 g/mol. The zero-order chi connectivity index (χ0) is 71.4. The summed E-state index contributed by atoms with van der Waals surface area (Å²) in [5.41, 5.74) is 0. The summed E-state index contributed by atoms with van der Waals surface area (Å²) < 4.78 is 68.6. The number of rotatable bonds is 77. The van der Waals surface area contributed by atoms with Crippen LogP contribution >= 0.6 is 15.6 Å². The minimum absolute atomic E-state index is 0.105. The van der Waals surface area contributed by atoms with E-state index in [-0.39, 0.29) is 25.7 Å². The van der Waals surface area contributed by atoms with Gasteiger partial charge in [0.05, 0.1) is 26.4 Å². The van der Waals surface area contributed by atoms with E-state index in [0.717, 1.165) is 102 Å². The maximum absolute atomic E-state index is 13.1. The maximum atomic E-state index is 13.1. The quantitative estimate of drug-likeness (QED) is 0.0222. The van der Waals surface area contributed by atoms with E-state index in [2.05, 4.69) is 41.5 Å². The predicted octanol–water partition coefficient (Wildman–Crippen LogP) is 23.1. The lowest BCUT2D eigenvalue weighted by atomic mass is 10.0. The molecule has 0 spiro atoms. The van der Waals surface area contributed by atoms with Crippen LogP contribution in [0.4, 0.5) is 0 Å². The van der Waals surface area contributed by atoms with Gasteiger partial charge in [0.2, 0.25) is 0 Å². The smallest absolute Gasteiger partial charge is 0.462 e. The average Bonchev–Trinajstić information content (AvgIpc) is 1.46. The summed E-state index contributed by atoms with van der Waals surface area (Å²) in [6.07, 6.45) is 58.3. The van der Waals surface area contributed by atoms with Gasteiger partial charge in [-0.1, -0.05) is 356 Å². The molecule has 0 amide bonds. The zero-order valence-corrected chi connectivity index (χ0v) is 65.2. The molecule has 5 atom stereocenters. The summed E-state index contributed by atoms with van der Waals surface area (Å²) in [4.78, 5) is 72.9. The molecule has 19 heteroatoms. The minimum atomic E-state index is -4.96. The van der Waals surface area contributed by atoms with Gasteiger partial charge in [-0.25, -0.2) is 9.13 Å². The molecule has 0 heterocycles. The Morgan fingerprint density at radius 1 is 0.278 bits per heavy atom. The van der Waals surface area contributed by atoms with E-state index < -0.39 is 97.5 Å². The summed E-state index contributed by atoms with van der Waals surface area (Å²) in [5.74, 6) is -0.656. The average molecular weight is 1420 g/mol. The van der Waals surface area contributed by atoms with Gasteiger partial charge in [0.15, 0.2) is 12.2 Å². The number of esters is 4. The largest absolute Gasteiger partial charge is 0.472 e. The second kappa shape index (κ2) is 69.8. The Bertz CT molecular complexity index is 1870. The van der Waals surface area contributed by atoms with E-state index in [9.17, 15) is 43.2 Å². The minimum Gasteiger partial charge on any atom is -0.462 e. The molecule has 0 aromatic carbocycles. The molecule has 0 aromatic rings. The number of hydrogen-bond donors (Lipinski definition) is 3. The molecule has 0 saturated heterocycles. The third kappa shape index (κ3) is 72.2. The molecule has 0 aliphatic carbocycles. The van der Waals surface area contributed by atoms with Gasteiger partial charge >= 0.3 is 39.5 Å². The van der Waals surface area contributed by atoms with E-state index in [1.807, 2.05) is 0 Å². The lowest BCUT2D eigenvalue weighted by Crippen LogP contribution is -2.30. The number of aliphatic hydroxyl groups is 1. The Hall–Kier alpha value is -1.94. The first-order valence-corrected chi connectivity index (χ1v) is 43.5. The van der Waals surface area contributed by atoms with Crippen LogP contribution in [0.25, 0.3) is 0 Å². The fourth-order valence-corrected chi connectivity index (χ4v) is 13.6. The summed E-state index contributed by atoms with van der Waals surface area (Å²) >= 11 is 0. The number of aliphatic hydroxyl groups excluding tert-OH is 1. The van der Waals surface area contributed by atoms with E-state index in [4.69, 9.17) is 37.0 Å². The highest BCUT2D eigenvalue weighted by atomic mass is 31.2. The molecule has 17 nitrogen and oxygen atoms in total. The molecule has 0 bridgehead atoms. The van der Waals surface area contributed by atoms with Crippen LogP contribution in [0.3, 0.4) is 0 Å². The molecule has 0 aliphatic rings. The van der Waals surface area contributed by atoms with Gasteiger partial charge in [-0.2, -0.15) is 0 Å². The first kappa shape index (κ1) is 95.1. The van der Waals surface area contributed by atoms with Gasteiger partial charge in [0.1, 0.15) is 19.3 Å². The standard InChI is InChI=1S/C78H152O17P2/c1-7-9-11-13-15-17-19-21-23-25-27-29-31-36-42-48-54-60-75(80)88-66-73(94-77(82)62-56-50-43-37-32-30-28-26-24-22-20-18-16-14-12-10-8-2)68-92-96(84,85)90-64-72(79)65-91-97(86,87)93-69-74(67-89-76(81)61-55-49-45-39-41-47-53-59-71(5)6)95-78(83)63-57-51-44-38-34-33-35-40-46-52-58-70(3)4/h70-74,79H,7-69H2,1-6H3,(H,84,85)(H,86,87)/t72-,73-,74-/m1/s1. The van der Waals surface area contributed by atoms with Crippen molar-refractivity contribution in [2.75, 3.05) is 39.6 Å². The Kier molecular flexibility index (Phi) is 68.4. The van der Waals surface area contributed by atoms with Crippen LogP contribution in [-0.4, -0.2) is 96.7 Å². The van der Waals surface area contributed by atoms with Gasteiger partial charge in [-0.15, -0.1) is 0 Å². The van der Waals surface area contributed by atoms with Crippen molar-refractivity contribution in [3.05, 3.63) is 0 Å². The molecule has 97 heavy (non-hydrogen) atoms. The topological polar surface area (TPSA) is 237 Å². The number of carbonyl (C=O) groups excluding carboxylic acids is 4. The lowest BCUT2D eigenvalue weighted by molar-refractivity contribution is -0.161. The second-order valence-corrected chi connectivity index (χ2v) is 32.0. The fraction of sp³-hybridized carbons (Fsp3) is 0.949. The Labute approximate surface area is 594 Å². The molecule has 0 radical (unpaired) electrons. The van der Waals surface area contributed by atoms with Crippen molar-refractivity contribution in [3.63, 3.8) is 0 Å². The highest BCUT2D eigenvalue weighted by Gasteiger charge is 2.30. The zero-order valence-electron chi connectivity index (χ0n) is 63.4. The Morgan fingerprint density at radius 2 is 0.474 bits per heavy atom. The number of phosphoric acid groups is 2. The number of hydrogen-bond acceptors (Lipinski definition) is 15. The molecule has 0 fully saturated rings. The molecular formula is C78H152O17P2. The SMILES string of the molecule is CCCCCCCCCCCCCCCCCCCC(=O)OC[C@H](COP(=O)(O)OC[C@@H](O)COP(=O)(O)OC[C@@H](COC(=O)CCCCCCCCCC(C)C)OC(=O)CCCCCCCCCCCCC(C)C)OC(=O)CCCCCCCCCCCCCCCCCCC. The number of ether oxygens (including phenoxy) is 4. The van der Waals surface area contributed by atoms with Crippen molar-refractivity contribution in [2.45, 2.75) is 426 Å². The number of unbranched alkanes of at least 4 members (excludes halogenated alkanes) is 47. The van der Waals surface area contributed by atoms with Crippen LogP contribution in [0.2, 0.25) is 0 Å². The van der Waals surface area contributed by atoms with Gasteiger partial charge in [0, 0.05) is 25.7 Å². The van der Waals surface area contributed by atoms with Gasteiger partial charge < -0.3 is 33.8 Å². The Morgan fingerprint density at radius 3 is 0.701 bits per heavy atom. The van der Waals surface area contributed by atoms with E-state index in [1.165, 1.54) is 218 Å². The normalized spacial score (nSPS) is 14.0. The predicted molar refractivity (Wildman–Crippen MR) is 395 cm³/mol. The molecule has 0 aromatic heterocycles. The molecule has 0 saturated carbocycles. The maximum Gasteiger partial charge on any atom is 0.472 e. The first-order chi connectivity index (χ1) is 46.9. The highest BCUT2D eigenvalue weighted by molar-refractivity contribution is 7.47. The van der Waals surface area contributed by atoms with Crippen LogP contribution in [0, 0.1) is 11.8 Å². The van der Waals surface area contributed by atoms with Crippen molar-refractivity contribution in [3.8, 4) is 0 Å². The number of phosphoric ester groups is 2. The molecule has 3 N–H and O–H groups in total. The van der Waals surface area contributed by atoms with Crippen LogP contribution in [0.1, 0.15) is 408 Å². The van der Waals surface area contributed by atoms with Crippen molar-refractivity contribution in [1.29, 1.82) is 0 Å². The highest BCUT2D eigenvalue weighted by Crippen LogP contribution is 2.45. The van der Waals surface area contributed by atoms with Crippen molar-refractivity contribution in [1.82, 2.24) is 0 Å².